The van der Waals surface area contributed by atoms with Gasteiger partial charge in [-0.2, -0.15) is 0 Å². The Hall–Kier alpha value is -10.4. The van der Waals surface area contributed by atoms with Crippen LogP contribution in [-0.2, 0) is 0 Å². The minimum atomic E-state index is 0.527. The Balaban J connectivity index is 0.978. The summed E-state index contributed by atoms with van der Waals surface area (Å²) in [7, 11) is 0. The van der Waals surface area contributed by atoms with Crippen molar-refractivity contribution in [2.45, 2.75) is 0 Å². The molecule has 16 aromatic rings. The van der Waals surface area contributed by atoms with Crippen molar-refractivity contribution in [2.75, 3.05) is 0 Å². The molecule has 0 saturated heterocycles. The van der Waals surface area contributed by atoms with Gasteiger partial charge in [0.05, 0.1) is 49.7 Å². The molecular formula is C69H42N6O. The van der Waals surface area contributed by atoms with E-state index in [1.807, 2.05) is 42.5 Å². The third-order valence-corrected chi connectivity index (χ3v) is 15.3. The average Bonchev–Trinajstić information content (AvgIpc) is 4.31. The molecule has 0 aliphatic heterocycles. The van der Waals surface area contributed by atoms with Crippen LogP contribution in [-0.4, -0.2) is 28.7 Å². The molecule has 0 atom stereocenters. The van der Waals surface area contributed by atoms with Gasteiger partial charge in [-0.05, 0) is 90.0 Å². The summed E-state index contributed by atoms with van der Waals surface area (Å²) in [5, 5.41) is 9.12. The van der Waals surface area contributed by atoms with Gasteiger partial charge in [0, 0.05) is 60.2 Å². The number of para-hydroxylation sites is 5. The predicted octanol–water partition coefficient (Wildman–Crippen LogP) is 17.7. The fourth-order valence-electron chi connectivity index (χ4n) is 11.9. The maximum atomic E-state index is 7.07. The first-order valence-electron chi connectivity index (χ1n) is 25.7. The summed E-state index contributed by atoms with van der Waals surface area (Å²) >= 11 is 0. The number of furan rings is 1. The molecule has 354 valence electrons. The van der Waals surface area contributed by atoms with Crippen LogP contribution < -0.4 is 0 Å². The van der Waals surface area contributed by atoms with E-state index >= 15 is 0 Å². The van der Waals surface area contributed by atoms with E-state index in [1.54, 1.807) is 0 Å². The number of nitrogens with zero attached hydrogens (tertiary/aromatic N) is 6. The highest BCUT2D eigenvalue weighted by atomic mass is 16.3. The zero-order chi connectivity index (χ0) is 49.8. The van der Waals surface area contributed by atoms with Crippen LogP contribution in [0.2, 0.25) is 0 Å². The lowest BCUT2D eigenvalue weighted by Gasteiger charge is -2.14. The highest BCUT2D eigenvalue weighted by Gasteiger charge is 2.25. The van der Waals surface area contributed by atoms with Gasteiger partial charge < -0.3 is 18.1 Å². The van der Waals surface area contributed by atoms with E-state index < -0.39 is 0 Å². The number of aromatic nitrogens is 6. The quantitative estimate of drug-likeness (QED) is 0.160. The summed E-state index contributed by atoms with van der Waals surface area (Å²) in [6, 6.07) is 90.4. The minimum Gasteiger partial charge on any atom is -0.455 e. The van der Waals surface area contributed by atoms with Crippen molar-refractivity contribution in [3.63, 3.8) is 0 Å². The van der Waals surface area contributed by atoms with Gasteiger partial charge in [0.15, 0.2) is 17.5 Å². The van der Waals surface area contributed by atoms with E-state index in [9.17, 15) is 0 Å². The molecule has 7 nitrogen and oxygen atoms in total. The molecule has 11 aromatic carbocycles. The zero-order valence-electron chi connectivity index (χ0n) is 40.8. The molecule has 76 heavy (non-hydrogen) atoms. The monoisotopic (exact) mass is 970 g/mol. The van der Waals surface area contributed by atoms with Gasteiger partial charge >= 0.3 is 0 Å². The lowest BCUT2D eigenvalue weighted by Crippen LogP contribution is -2.01. The van der Waals surface area contributed by atoms with Crippen LogP contribution in [0.1, 0.15) is 0 Å². The summed E-state index contributed by atoms with van der Waals surface area (Å²) in [6.45, 7) is 0. The van der Waals surface area contributed by atoms with Crippen molar-refractivity contribution in [3.05, 3.63) is 255 Å². The lowest BCUT2D eigenvalue weighted by atomic mass is 10.0. The Morgan fingerprint density at radius 2 is 0.737 bits per heavy atom. The maximum absolute atomic E-state index is 7.07. The van der Waals surface area contributed by atoms with Crippen molar-refractivity contribution < 1.29 is 4.42 Å². The van der Waals surface area contributed by atoms with Crippen molar-refractivity contribution in [1.29, 1.82) is 0 Å². The van der Waals surface area contributed by atoms with Crippen molar-refractivity contribution in [3.8, 4) is 62.4 Å². The Morgan fingerprint density at radius 3 is 1.41 bits per heavy atom. The van der Waals surface area contributed by atoms with Crippen molar-refractivity contribution in [1.82, 2.24) is 28.7 Å². The molecule has 0 N–H and O–H groups in total. The summed E-state index contributed by atoms with van der Waals surface area (Å²) in [5.74, 6) is 1.69. The molecule has 0 aliphatic rings. The number of hydrogen-bond acceptors (Lipinski definition) is 4. The first-order valence-corrected chi connectivity index (χ1v) is 25.7. The third kappa shape index (κ3) is 6.39. The number of hydrogen-bond donors (Lipinski definition) is 0. The molecule has 0 amide bonds. The van der Waals surface area contributed by atoms with Gasteiger partial charge in [-0.1, -0.05) is 176 Å². The van der Waals surface area contributed by atoms with Gasteiger partial charge in [-0.3, -0.25) is 0 Å². The number of fused-ring (bicyclic) bond motifs is 12. The van der Waals surface area contributed by atoms with E-state index in [1.165, 1.54) is 32.6 Å². The van der Waals surface area contributed by atoms with E-state index in [0.717, 1.165) is 94.1 Å². The van der Waals surface area contributed by atoms with Crippen LogP contribution >= 0.6 is 0 Å². The summed E-state index contributed by atoms with van der Waals surface area (Å²) < 4.78 is 14.3. The molecule has 0 fully saturated rings. The summed E-state index contributed by atoms with van der Waals surface area (Å²) in [4.78, 5) is 15.7. The summed E-state index contributed by atoms with van der Waals surface area (Å²) in [6.07, 6.45) is 0. The Kier molecular flexibility index (Phi) is 9.20. The molecule has 7 heteroatoms. The van der Waals surface area contributed by atoms with E-state index in [-0.39, 0.29) is 0 Å². The molecule has 0 unspecified atom stereocenters. The maximum Gasteiger partial charge on any atom is 0.167 e. The Bertz CT molecular complexity index is 4920. The minimum absolute atomic E-state index is 0.527. The second kappa shape index (κ2) is 16.6. The Labute approximate surface area is 435 Å². The highest BCUT2D eigenvalue weighted by molar-refractivity contribution is 6.22. The molecule has 0 aliphatic carbocycles. The van der Waals surface area contributed by atoms with Gasteiger partial charge in [-0.25, -0.2) is 15.0 Å². The first-order chi connectivity index (χ1) is 37.7. The van der Waals surface area contributed by atoms with Crippen LogP contribution in [0.4, 0.5) is 0 Å². The molecule has 0 radical (unpaired) electrons. The van der Waals surface area contributed by atoms with Gasteiger partial charge in [0.2, 0.25) is 0 Å². The van der Waals surface area contributed by atoms with E-state index in [0.29, 0.717) is 23.1 Å². The second-order valence-corrected chi connectivity index (χ2v) is 19.5. The van der Waals surface area contributed by atoms with E-state index in [2.05, 4.69) is 226 Å². The molecule has 0 saturated carbocycles. The number of rotatable bonds is 7. The molecular weight excluding hydrogens is 929 g/mol. The topological polar surface area (TPSA) is 66.6 Å². The lowest BCUT2D eigenvalue weighted by molar-refractivity contribution is 0.669. The fraction of sp³-hybridized carbons (Fsp3) is 0. The van der Waals surface area contributed by atoms with Crippen LogP contribution in [0.5, 0.6) is 0 Å². The number of benzene rings is 11. The molecule has 0 spiro atoms. The molecule has 16 rings (SSSR count). The SMILES string of the molecule is c1ccc(-c2ccc(-c3nc(-c4ccccc4)nc(-c4ccc(-n5c6ccc(-n7c8ccccc8c8ccccc87)cc6c6cc7c8ccccc8n(-c8ccccc8)c7cc65)c5c4oc4ccccc45)n3)cc2)cc1. The average molecular weight is 971 g/mol. The van der Waals surface area contributed by atoms with Gasteiger partial charge in [0.25, 0.3) is 0 Å². The van der Waals surface area contributed by atoms with Crippen molar-refractivity contribution >= 4 is 87.4 Å². The first kappa shape index (κ1) is 42.2. The smallest absolute Gasteiger partial charge is 0.167 e. The third-order valence-electron chi connectivity index (χ3n) is 15.3. The van der Waals surface area contributed by atoms with Gasteiger partial charge in [-0.15, -0.1) is 0 Å². The van der Waals surface area contributed by atoms with E-state index in [4.69, 9.17) is 19.4 Å². The van der Waals surface area contributed by atoms with Crippen molar-refractivity contribution in [2.24, 2.45) is 0 Å². The zero-order valence-corrected chi connectivity index (χ0v) is 40.8. The predicted molar refractivity (Wildman–Crippen MR) is 312 cm³/mol. The van der Waals surface area contributed by atoms with Crippen LogP contribution in [0, 0.1) is 0 Å². The molecule has 5 heterocycles. The molecule has 0 bridgehead atoms. The summed E-state index contributed by atoms with van der Waals surface area (Å²) in [5.41, 5.74) is 16.3. The normalized spacial score (nSPS) is 11.9. The van der Waals surface area contributed by atoms with Crippen LogP contribution in [0.25, 0.3) is 150 Å². The molecule has 5 aromatic heterocycles. The largest absolute Gasteiger partial charge is 0.455 e. The Morgan fingerprint density at radius 1 is 0.276 bits per heavy atom. The second-order valence-electron chi connectivity index (χ2n) is 19.5. The highest BCUT2D eigenvalue weighted by Crippen LogP contribution is 2.45. The van der Waals surface area contributed by atoms with Crippen LogP contribution in [0.15, 0.2) is 259 Å². The van der Waals surface area contributed by atoms with Gasteiger partial charge in [0.1, 0.15) is 11.2 Å². The standard InChI is InChI=1S/C69H42N6O/c1-4-18-43(19-5-1)44-32-34-46(35-33-44)68-70-67(45-20-6-2-7-21-45)71-69(72-68)53-37-39-61(65-52-27-13-17-31-64(52)76-66(53)65)75-60-38-36-48(74-57-28-14-10-24-49(57)50-25-11-15-29-58(50)74)40-54(60)56-41-55-51-26-12-16-30-59(51)73(62(55)42-63(56)75)47-22-8-3-9-23-47/h1-42H. The fourth-order valence-corrected chi connectivity index (χ4v) is 11.9. The van der Waals surface area contributed by atoms with Crippen LogP contribution in [0.3, 0.4) is 0 Å².